The summed E-state index contributed by atoms with van der Waals surface area (Å²) in [6, 6.07) is 3.95. The molecule has 1 fully saturated rings. The molecular formula is C15H21BN2O2. The Morgan fingerprint density at radius 3 is 2.20 bits per heavy atom. The van der Waals surface area contributed by atoms with Gasteiger partial charge in [-0.25, -0.2) is 0 Å². The Morgan fingerprint density at radius 2 is 1.75 bits per heavy atom. The van der Waals surface area contributed by atoms with E-state index < -0.39 is 18.3 Å². The van der Waals surface area contributed by atoms with Crippen LogP contribution in [0.4, 0.5) is 0 Å². The predicted octanol–water partition coefficient (Wildman–Crippen LogP) is 2.38. The summed E-state index contributed by atoms with van der Waals surface area (Å²) < 4.78 is 12.1. The molecule has 1 saturated heterocycles. The molecule has 0 saturated carbocycles. The van der Waals surface area contributed by atoms with Gasteiger partial charge in [-0.05, 0) is 39.7 Å². The van der Waals surface area contributed by atoms with Gasteiger partial charge in [-0.3, -0.25) is 4.98 Å². The molecule has 4 nitrogen and oxygen atoms in total. The van der Waals surface area contributed by atoms with E-state index in [9.17, 15) is 0 Å². The third-order valence-corrected chi connectivity index (χ3v) is 4.13. The van der Waals surface area contributed by atoms with Gasteiger partial charge < -0.3 is 9.31 Å². The Labute approximate surface area is 121 Å². The lowest BCUT2D eigenvalue weighted by Crippen LogP contribution is -2.41. The van der Waals surface area contributed by atoms with E-state index in [0.717, 1.165) is 11.2 Å². The third-order valence-electron chi connectivity index (χ3n) is 4.13. The Balaban J connectivity index is 2.46. The number of pyridine rings is 1. The zero-order chi connectivity index (χ0) is 15.1. The molecule has 0 aromatic carbocycles. The van der Waals surface area contributed by atoms with Gasteiger partial charge in [0.15, 0.2) is 0 Å². The van der Waals surface area contributed by atoms with Gasteiger partial charge in [0.25, 0.3) is 0 Å². The van der Waals surface area contributed by atoms with Gasteiger partial charge in [-0.2, -0.15) is 5.26 Å². The molecule has 2 heterocycles. The second-order valence-corrected chi connectivity index (χ2v) is 6.55. The molecule has 0 amide bonds. The van der Waals surface area contributed by atoms with Crippen LogP contribution in [-0.2, 0) is 9.31 Å². The molecule has 0 aliphatic carbocycles. The maximum absolute atomic E-state index is 9.07. The molecule has 0 N–H and O–H groups in total. The molecule has 0 radical (unpaired) electrons. The van der Waals surface area contributed by atoms with E-state index in [1.807, 2.05) is 33.8 Å². The molecule has 0 spiro atoms. The van der Waals surface area contributed by atoms with Crippen molar-refractivity contribution in [2.75, 3.05) is 0 Å². The van der Waals surface area contributed by atoms with Gasteiger partial charge in [0.05, 0.1) is 16.8 Å². The smallest absolute Gasteiger partial charge is 0.399 e. The Morgan fingerprint density at radius 1 is 1.20 bits per heavy atom. The van der Waals surface area contributed by atoms with Crippen LogP contribution in [0.25, 0.3) is 0 Å². The van der Waals surface area contributed by atoms with Gasteiger partial charge in [-0.15, -0.1) is 0 Å². The van der Waals surface area contributed by atoms with E-state index in [1.165, 1.54) is 0 Å². The predicted molar refractivity (Wildman–Crippen MR) is 78.8 cm³/mol. The average Bonchev–Trinajstić information content (AvgIpc) is 2.57. The van der Waals surface area contributed by atoms with E-state index in [0.29, 0.717) is 5.56 Å². The van der Waals surface area contributed by atoms with Crippen molar-refractivity contribution in [1.82, 2.24) is 4.98 Å². The quantitative estimate of drug-likeness (QED) is 0.775. The summed E-state index contributed by atoms with van der Waals surface area (Å²) in [7, 11) is -0.474. The molecule has 5 heteroatoms. The largest absolute Gasteiger partial charge is 0.496 e. The summed E-state index contributed by atoms with van der Waals surface area (Å²) in [5.41, 5.74) is 1.52. The minimum Gasteiger partial charge on any atom is -0.399 e. The number of nitrogens with zero attached hydrogens (tertiary/aromatic N) is 2. The fraction of sp³-hybridized carbons (Fsp3) is 0.600. The van der Waals surface area contributed by atoms with Crippen molar-refractivity contribution in [3.63, 3.8) is 0 Å². The van der Waals surface area contributed by atoms with Crippen molar-refractivity contribution in [3.05, 3.63) is 23.5 Å². The minimum absolute atomic E-state index is 0.247. The number of rotatable bonds is 2. The van der Waals surface area contributed by atoms with Crippen molar-refractivity contribution < 1.29 is 9.31 Å². The number of hydrogen-bond donors (Lipinski definition) is 0. The molecule has 1 aliphatic rings. The van der Waals surface area contributed by atoms with Crippen LogP contribution in [0.3, 0.4) is 0 Å². The standard InChI is InChI=1S/C15H21BN2O2/c1-10(2)13-12(7-11(8-17)9-18-13)16-19-14(3,4)15(5,6)20-16/h7,9-10H,1-6H3. The number of aromatic nitrogens is 1. The second-order valence-electron chi connectivity index (χ2n) is 6.55. The van der Waals surface area contributed by atoms with E-state index >= 15 is 0 Å². The van der Waals surface area contributed by atoms with E-state index in [-0.39, 0.29) is 5.92 Å². The summed E-state index contributed by atoms with van der Waals surface area (Å²) in [6.07, 6.45) is 1.60. The lowest BCUT2D eigenvalue weighted by molar-refractivity contribution is 0.00578. The van der Waals surface area contributed by atoms with Crippen LogP contribution < -0.4 is 5.46 Å². The van der Waals surface area contributed by atoms with Gasteiger partial charge in [-0.1, -0.05) is 13.8 Å². The summed E-state index contributed by atoms with van der Waals surface area (Å²) in [4.78, 5) is 4.41. The molecule has 20 heavy (non-hydrogen) atoms. The highest BCUT2D eigenvalue weighted by atomic mass is 16.7. The lowest BCUT2D eigenvalue weighted by Gasteiger charge is -2.32. The number of nitriles is 1. The fourth-order valence-corrected chi connectivity index (χ4v) is 2.19. The first kappa shape index (κ1) is 15.0. The van der Waals surface area contributed by atoms with Crippen LogP contribution in [0.2, 0.25) is 0 Å². The molecule has 1 aromatic rings. The molecule has 106 valence electrons. The monoisotopic (exact) mass is 272 g/mol. The van der Waals surface area contributed by atoms with Crippen molar-refractivity contribution in [1.29, 1.82) is 5.26 Å². The first-order chi connectivity index (χ1) is 9.18. The maximum Gasteiger partial charge on any atom is 0.496 e. The Bertz CT molecular complexity index is 545. The molecule has 0 unspecified atom stereocenters. The zero-order valence-corrected chi connectivity index (χ0v) is 13.0. The van der Waals surface area contributed by atoms with Crippen molar-refractivity contribution in [3.8, 4) is 6.07 Å². The van der Waals surface area contributed by atoms with E-state index in [1.54, 1.807) is 6.20 Å². The summed E-state index contributed by atoms with van der Waals surface area (Å²) in [5, 5.41) is 9.07. The van der Waals surface area contributed by atoms with Crippen LogP contribution in [0.5, 0.6) is 0 Å². The third kappa shape index (κ3) is 2.46. The molecule has 0 bridgehead atoms. The van der Waals surface area contributed by atoms with Crippen LogP contribution >= 0.6 is 0 Å². The molecule has 0 atom stereocenters. The van der Waals surface area contributed by atoms with Crippen molar-refractivity contribution >= 4 is 12.6 Å². The lowest BCUT2D eigenvalue weighted by atomic mass is 9.75. The van der Waals surface area contributed by atoms with Crippen LogP contribution in [0, 0.1) is 11.3 Å². The second kappa shape index (κ2) is 4.87. The van der Waals surface area contributed by atoms with Gasteiger partial charge in [0, 0.05) is 17.4 Å². The molecule has 1 aromatic heterocycles. The van der Waals surface area contributed by atoms with E-state index in [2.05, 4.69) is 24.9 Å². The highest BCUT2D eigenvalue weighted by Crippen LogP contribution is 2.36. The summed E-state index contributed by atoms with van der Waals surface area (Å²) in [6.45, 7) is 12.2. The van der Waals surface area contributed by atoms with Crippen LogP contribution in [0.15, 0.2) is 12.3 Å². The van der Waals surface area contributed by atoms with E-state index in [4.69, 9.17) is 14.6 Å². The number of hydrogen-bond acceptors (Lipinski definition) is 4. The first-order valence-corrected chi connectivity index (χ1v) is 6.93. The highest BCUT2D eigenvalue weighted by molar-refractivity contribution is 6.62. The maximum atomic E-state index is 9.07. The Kier molecular flexibility index (Phi) is 3.66. The average molecular weight is 272 g/mol. The van der Waals surface area contributed by atoms with Crippen LogP contribution in [0.1, 0.15) is 58.7 Å². The fourth-order valence-electron chi connectivity index (χ4n) is 2.19. The zero-order valence-electron chi connectivity index (χ0n) is 13.0. The van der Waals surface area contributed by atoms with Crippen LogP contribution in [-0.4, -0.2) is 23.3 Å². The van der Waals surface area contributed by atoms with Gasteiger partial charge in [0.2, 0.25) is 0 Å². The highest BCUT2D eigenvalue weighted by Gasteiger charge is 2.52. The molecule has 2 rings (SSSR count). The van der Waals surface area contributed by atoms with Gasteiger partial charge in [0.1, 0.15) is 6.07 Å². The molecular weight excluding hydrogens is 251 g/mol. The summed E-state index contributed by atoms with van der Waals surface area (Å²) >= 11 is 0. The minimum atomic E-state index is -0.474. The normalized spacial score (nSPS) is 20.2. The first-order valence-electron chi connectivity index (χ1n) is 6.93. The Hall–Kier alpha value is -1.38. The van der Waals surface area contributed by atoms with Crippen molar-refractivity contribution in [2.45, 2.75) is 58.7 Å². The SMILES string of the molecule is CC(C)c1ncc(C#N)cc1B1OC(C)(C)C(C)(C)O1. The van der Waals surface area contributed by atoms with Crippen molar-refractivity contribution in [2.24, 2.45) is 0 Å². The molecule has 1 aliphatic heterocycles. The summed E-state index contributed by atoms with van der Waals surface area (Å²) in [5.74, 6) is 0.247. The topological polar surface area (TPSA) is 55.1 Å². The van der Waals surface area contributed by atoms with Gasteiger partial charge >= 0.3 is 7.12 Å².